The smallest absolute Gasteiger partial charge is 0.231 e. The van der Waals surface area contributed by atoms with E-state index in [0.29, 0.717) is 31.2 Å². The summed E-state index contributed by atoms with van der Waals surface area (Å²) in [7, 11) is 0. The van der Waals surface area contributed by atoms with E-state index in [1.807, 2.05) is 47.4 Å². The van der Waals surface area contributed by atoms with Crippen LogP contribution in [0.3, 0.4) is 0 Å². The van der Waals surface area contributed by atoms with Crippen molar-refractivity contribution in [1.82, 2.24) is 0 Å². The Hall–Kier alpha value is -2.66. The van der Waals surface area contributed by atoms with Gasteiger partial charge in [0, 0.05) is 30.4 Å². The van der Waals surface area contributed by atoms with Crippen molar-refractivity contribution in [3.8, 4) is 17.2 Å². The van der Waals surface area contributed by atoms with Crippen molar-refractivity contribution in [3.63, 3.8) is 0 Å². The SMILES string of the molecule is C=CCOc1ccccc1CN(CC(Cl)C=O)c1ccc2c(c1)OCO2. The molecule has 26 heavy (non-hydrogen) atoms. The van der Waals surface area contributed by atoms with Gasteiger partial charge in [-0.25, -0.2) is 0 Å². The number of anilines is 1. The van der Waals surface area contributed by atoms with Crippen LogP contribution in [0.4, 0.5) is 5.69 Å². The van der Waals surface area contributed by atoms with E-state index >= 15 is 0 Å². The number of hydrogen-bond donors (Lipinski definition) is 0. The Kier molecular flexibility index (Phi) is 6.02. The van der Waals surface area contributed by atoms with Crippen LogP contribution in [0.5, 0.6) is 17.2 Å². The molecule has 1 atom stereocenters. The average molecular weight is 374 g/mol. The lowest BCUT2D eigenvalue weighted by Crippen LogP contribution is -2.30. The molecule has 2 aromatic rings. The molecule has 0 spiro atoms. The van der Waals surface area contributed by atoms with Gasteiger partial charge in [0.2, 0.25) is 6.79 Å². The molecular weight excluding hydrogens is 354 g/mol. The van der Waals surface area contributed by atoms with Crippen molar-refractivity contribution in [2.45, 2.75) is 11.9 Å². The molecule has 0 bridgehead atoms. The van der Waals surface area contributed by atoms with Crippen LogP contribution in [0.2, 0.25) is 0 Å². The molecule has 6 heteroatoms. The number of aldehydes is 1. The lowest BCUT2D eigenvalue weighted by molar-refractivity contribution is -0.107. The monoisotopic (exact) mass is 373 g/mol. The van der Waals surface area contributed by atoms with Crippen molar-refractivity contribution in [2.24, 2.45) is 0 Å². The predicted octanol–water partition coefficient (Wildman–Crippen LogP) is 3.79. The lowest BCUT2D eigenvalue weighted by atomic mass is 10.1. The number of nitrogens with zero attached hydrogens (tertiary/aromatic N) is 1. The first-order valence-corrected chi connectivity index (χ1v) is 8.70. The molecule has 0 radical (unpaired) electrons. The molecule has 0 fully saturated rings. The molecule has 1 unspecified atom stereocenters. The van der Waals surface area contributed by atoms with Gasteiger partial charge in [0.15, 0.2) is 11.5 Å². The van der Waals surface area contributed by atoms with Crippen LogP contribution in [0.1, 0.15) is 5.56 Å². The average Bonchev–Trinajstić information content (AvgIpc) is 3.14. The maximum atomic E-state index is 11.1. The molecule has 2 aromatic carbocycles. The van der Waals surface area contributed by atoms with Gasteiger partial charge in [-0.05, 0) is 18.2 Å². The first kappa shape index (κ1) is 18.1. The van der Waals surface area contributed by atoms with Gasteiger partial charge in [0.1, 0.15) is 24.0 Å². The summed E-state index contributed by atoms with van der Waals surface area (Å²) in [5, 5.41) is -0.623. The largest absolute Gasteiger partial charge is 0.489 e. The number of carbonyl (C=O) groups is 1. The zero-order chi connectivity index (χ0) is 18.4. The van der Waals surface area contributed by atoms with Crippen molar-refractivity contribution in [1.29, 1.82) is 0 Å². The third-order valence-corrected chi connectivity index (χ3v) is 4.20. The number of fused-ring (bicyclic) bond motifs is 1. The molecule has 0 amide bonds. The number of hydrogen-bond acceptors (Lipinski definition) is 5. The second kappa shape index (κ2) is 8.63. The highest BCUT2D eigenvalue weighted by molar-refractivity contribution is 6.27. The Bertz CT molecular complexity index is 780. The molecule has 0 aliphatic carbocycles. The maximum Gasteiger partial charge on any atom is 0.231 e. The number of alkyl halides is 1. The highest BCUT2D eigenvalue weighted by Gasteiger charge is 2.19. The molecule has 5 nitrogen and oxygen atoms in total. The summed E-state index contributed by atoms with van der Waals surface area (Å²) >= 11 is 6.11. The Morgan fingerprint density at radius 3 is 2.85 bits per heavy atom. The number of benzene rings is 2. The van der Waals surface area contributed by atoms with Crippen LogP contribution in [0.15, 0.2) is 55.1 Å². The predicted molar refractivity (Wildman–Crippen MR) is 101 cm³/mol. The minimum Gasteiger partial charge on any atom is -0.489 e. The van der Waals surface area contributed by atoms with Gasteiger partial charge in [0.25, 0.3) is 0 Å². The molecule has 3 rings (SSSR count). The summed E-state index contributed by atoms with van der Waals surface area (Å²) in [6, 6.07) is 13.4. The number of ether oxygens (including phenoxy) is 3. The standard InChI is InChI=1S/C20H20ClNO4/c1-2-9-24-18-6-4-3-5-15(18)11-22(12-16(21)13-23)17-7-8-19-20(10-17)26-14-25-19/h2-8,10,13,16H,1,9,11-12,14H2. The Labute approximate surface area is 157 Å². The quantitative estimate of drug-likeness (QED) is 0.380. The van der Waals surface area contributed by atoms with Crippen molar-refractivity contribution < 1.29 is 19.0 Å². The summed E-state index contributed by atoms with van der Waals surface area (Å²) in [5.41, 5.74) is 1.88. The van der Waals surface area contributed by atoms with Gasteiger partial charge in [-0.15, -0.1) is 11.6 Å². The van der Waals surface area contributed by atoms with Crippen LogP contribution in [0, 0.1) is 0 Å². The fraction of sp³-hybridized carbons (Fsp3) is 0.250. The molecular formula is C20H20ClNO4. The molecule has 1 aliphatic rings. The molecule has 0 aromatic heterocycles. The van der Waals surface area contributed by atoms with Crippen molar-refractivity contribution in [3.05, 3.63) is 60.7 Å². The van der Waals surface area contributed by atoms with E-state index in [1.165, 1.54) is 0 Å². The number of halogens is 1. The summed E-state index contributed by atoms with van der Waals surface area (Å²) in [6.45, 7) is 5.21. The Morgan fingerprint density at radius 1 is 1.23 bits per heavy atom. The number of carbonyl (C=O) groups excluding carboxylic acids is 1. The second-order valence-electron chi connectivity index (χ2n) is 5.78. The minimum atomic E-state index is -0.623. The number of para-hydroxylation sites is 1. The van der Waals surface area contributed by atoms with Crippen LogP contribution >= 0.6 is 11.6 Å². The van der Waals surface area contributed by atoms with E-state index in [-0.39, 0.29) is 6.79 Å². The van der Waals surface area contributed by atoms with Crippen LogP contribution < -0.4 is 19.1 Å². The van der Waals surface area contributed by atoms with E-state index in [2.05, 4.69) is 6.58 Å². The van der Waals surface area contributed by atoms with Gasteiger partial charge in [-0.1, -0.05) is 30.9 Å². The van der Waals surface area contributed by atoms with Crippen LogP contribution in [0.25, 0.3) is 0 Å². The van der Waals surface area contributed by atoms with E-state index in [4.69, 9.17) is 25.8 Å². The summed E-state index contributed by atoms with van der Waals surface area (Å²) in [4.78, 5) is 13.1. The Balaban J connectivity index is 1.87. The summed E-state index contributed by atoms with van der Waals surface area (Å²) < 4.78 is 16.6. The minimum absolute atomic E-state index is 0.212. The molecule has 136 valence electrons. The molecule has 0 saturated carbocycles. The highest BCUT2D eigenvalue weighted by Crippen LogP contribution is 2.36. The maximum absolute atomic E-state index is 11.1. The molecule has 1 heterocycles. The summed E-state index contributed by atoms with van der Waals surface area (Å²) in [6.07, 6.45) is 2.44. The fourth-order valence-corrected chi connectivity index (χ4v) is 2.89. The van der Waals surface area contributed by atoms with Crippen LogP contribution in [-0.4, -0.2) is 31.6 Å². The fourth-order valence-electron chi connectivity index (χ4n) is 2.73. The van der Waals surface area contributed by atoms with Gasteiger partial charge in [0.05, 0.1) is 0 Å². The molecule has 1 aliphatic heterocycles. The van der Waals surface area contributed by atoms with E-state index in [9.17, 15) is 4.79 Å². The molecule has 0 N–H and O–H groups in total. The number of rotatable bonds is 9. The zero-order valence-corrected chi connectivity index (χ0v) is 15.0. The first-order valence-electron chi connectivity index (χ1n) is 8.27. The van der Waals surface area contributed by atoms with E-state index < -0.39 is 5.38 Å². The van der Waals surface area contributed by atoms with Crippen molar-refractivity contribution >= 4 is 23.6 Å². The second-order valence-corrected chi connectivity index (χ2v) is 6.34. The molecule has 0 saturated heterocycles. The van der Waals surface area contributed by atoms with E-state index in [1.54, 1.807) is 6.08 Å². The van der Waals surface area contributed by atoms with Crippen LogP contribution in [-0.2, 0) is 11.3 Å². The van der Waals surface area contributed by atoms with Crippen molar-refractivity contribution in [2.75, 3.05) is 24.8 Å². The van der Waals surface area contributed by atoms with Gasteiger partial charge < -0.3 is 23.9 Å². The third-order valence-electron chi connectivity index (χ3n) is 3.95. The first-order chi connectivity index (χ1) is 12.7. The zero-order valence-electron chi connectivity index (χ0n) is 14.3. The lowest BCUT2D eigenvalue weighted by Gasteiger charge is -2.27. The van der Waals surface area contributed by atoms with Gasteiger partial charge >= 0.3 is 0 Å². The topological polar surface area (TPSA) is 48.0 Å². The Morgan fingerprint density at radius 2 is 2.04 bits per heavy atom. The van der Waals surface area contributed by atoms with E-state index in [0.717, 1.165) is 23.3 Å². The summed E-state index contributed by atoms with van der Waals surface area (Å²) in [5.74, 6) is 2.16. The highest BCUT2D eigenvalue weighted by atomic mass is 35.5. The van der Waals surface area contributed by atoms with Gasteiger partial charge in [-0.3, -0.25) is 0 Å². The normalized spacial score (nSPS) is 13.1. The van der Waals surface area contributed by atoms with Gasteiger partial charge in [-0.2, -0.15) is 0 Å². The third kappa shape index (κ3) is 4.29.